The Balaban J connectivity index is 1.82. The maximum atomic E-state index is 11.6. The zero-order valence-corrected chi connectivity index (χ0v) is 9.33. The van der Waals surface area contributed by atoms with Gasteiger partial charge in [0, 0.05) is 5.25 Å². The molecule has 1 fully saturated rings. The van der Waals surface area contributed by atoms with Crippen molar-refractivity contribution in [2.24, 2.45) is 0 Å². The van der Waals surface area contributed by atoms with Gasteiger partial charge in [-0.15, -0.1) is 0 Å². The van der Waals surface area contributed by atoms with Crippen molar-refractivity contribution in [1.29, 1.82) is 0 Å². The van der Waals surface area contributed by atoms with Crippen LogP contribution in [0.2, 0.25) is 0 Å². The molecule has 0 aromatic heterocycles. The SMILES string of the molecule is O=C(OC[C@H]1CCCS1)c1ccccc1. The zero-order valence-electron chi connectivity index (χ0n) is 8.52. The number of benzene rings is 1. The molecule has 80 valence electrons. The fourth-order valence-corrected chi connectivity index (χ4v) is 2.77. The fourth-order valence-electron chi connectivity index (χ4n) is 1.60. The molecule has 0 N–H and O–H groups in total. The molecule has 0 amide bonds. The molecular weight excluding hydrogens is 208 g/mol. The molecule has 1 saturated heterocycles. The molecule has 3 heteroatoms. The molecule has 1 aliphatic heterocycles. The first-order valence-corrected chi connectivity index (χ1v) is 6.25. The lowest BCUT2D eigenvalue weighted by Gasteiger charge is -2.09. The van der Waals surface area contributed by atoms with Gasteiger partial charge < -0.3 is 4.74 Å². The molecule has 0 saturated carbocycles. The third kappa shape index (κ3) is 2.99. The molecule has 0 aliphatic carbocycles. The monoisotopic (exact) mass is 222 g/mol. The summed E-state index contributed by atoms with van der Waals surface area (Å²) in [5.74, 6) is 0.996. The maximum absolute atomic E-state index is 11.6. The minimum absolute atomic E-state index is 0.205. The molecular formula is C12H14O2S. The molecule has 1 heterocycles. The van der Waals surface area contributed by atoms with Crippen LogP contribution in [0.4, 0.5) is 0 Å². The molecule has 0 unspecified atom stereocenters. The molecule has 1 aromatic carbocycles. The highest BCUT2D eigenvalue weighted by Gasteiger charge is 2.17. The number of ether oxygens (including phenoxy) is 1. The Labute approximate surface area is 94.0 Å². The number of esters is 1. The van der Waals surface area contributed by atoms with Gasteiger partial charge in [0.2, 0.25) is 0 Å². The number of carbonyl (C=O) groups is 1. The third-order valence-corrected chi connectivity index (χ3v) is 3.80. The summed E-state index contributed by atoms with van der Waals surface area (Å²) in [5, 5.41) is 0.512. The van der Waals surface area contributed by atoms with E-state index < -0.39 is 0 Å². The van der Waals surface area contributed by atoms with Crippen molar-refractivity contribution in [3.05, 3.63) is 35.9 Å². The van der Waals surface area contributed by atoms with Crippen molar-refractivity contribution < 1.29 is 9.53 Å². The molecule has 1 aliphatic rings. The van der Waals surface area contributed by atoms with Crippen LogP contribution in [-0.4, -0.2) is 23.6 Å². The van der Waals surface area contributed by atoms with Gasteiger partial charge in [0.15, 0.2) is 0 Å². The van der Waals surface area contributed by atoms with E-state index in [2.05, 4.69) is 0 Å². The largest absolute Gasteiger partial charge is 0.461 e. The standard InChI is InChI=1S/C12H14O2S/c13-12(10-5-2-1-3-6-10)14-9-11-7-4-8-15-11/h1-3,5-6,11H,4,7-9H2/t11-/m1/s1. The molecule has 15 heavy (non-hydrogen) atoms. The lowest BCUT2D eigenvalue weighted by Crippen LogP contribution is -2.13. The molecule has 0 bridgehead atoms. The van der Waals surface area contributed by atoms with Crippen molar-refractivity contribution >= 4 is 17.7 Å². The summed E-state index contributed by atoms with van der Waals surface area (Å²) < 4.78 is 5.25. The van der Waals surface area contributed by atoms with Crippen molar-refractivity contribution in [2.75, 3.05) is 12.4 Å². The summed E-state index contributed by atoms with van der Waals surface area (Å²) in [4.78, 5) is 11.6. The van der Waals surface area contributed by atoms with Crippen LogP contribution in [0.25, 0.3) is 0 Å². The maximum Gasteiger partial charge on any atom is 0.338 e. The van der Waals surface area contributed by atoms with Gasteiger partial charge in [0.1, 0.15) is 6.61 Å². The number of thioether (sulfide) groups is 1. The normalized spacial score (nSPS) is 20.1. The number of hydrogen-bond acceptors (Lipinski definition) is 3. The van der Waals surface area contributed by atoms with E-state index >= 15 is 0 Å². The van der Waals surface area contributed by atoms with Crippen molar-refractivity contribution in [3.63, 3.8) is 0 Å². The average Bonchev–Trinajstić information content (AvgIpc) is 2.80. The van der Waals surface area contributed by atoms with Gasteiger partial charge in [-0.25, -0.2) is 4.79 Å². The van der Waals surface area contributed by atoms with Crippen LogP contribution in [-0.2, 0) is 4.74 Å². The summed E-state index contributed by atoms with van der Waals surface area (Å²) in [5.41, 5.74) is 0.639. The Bertz CT molecular complexity index is 318. The van der Waals surface area contributed by atoms with Crippen LogP contribution >= 0.6 is 11.8 Å². The van der Waals surface area contributed by atoms with Gasteiger partial charge in [-0.05, 0) is 30.7 Å². The second kappa shape index (κ2) is 5.21. The second-order valence-electron chi connectivity index (χ2n) is 3.60. The summed E-state index contributed by atoms with van der Waals surface area (Å²) >= 11 is 1.90. The number of rotatable bonds is 3. The Kier molecular flexibility index (Phi) is 3.67. The van der Waals surface area contributed by atoms with Crippen LogP contribution in [0.5, 0.6) is 0 Å². The van der Waals surface area contributed by atoms with Crippen LogP contribution < -0.4 is 0 Å². The first kappa shape index (κ1) is 10.6. The predicted molar refractivity (Wildman–Crippen MR) is 62.2 cm³/mol. The quantitative estimate of drug-likeness (QED) is 0.736. The zero-order chi connectivity index (χ0) is 10.5. The van der Waals surface area contributed by atoms with Gasteiger partial charge in [0.05, 0.1) is 5.56 Å². The Morgan fingerprint density at radius 3 is 2.87 bits per heavy atom. The van der Waals surface area contributed by atoms with E-state index in [1.54, 1.807) is 12.1 Å². The topological polar surface area (TPSA) is 26.3 Å². The molecule has 2 rings (SSSR count). The number of carbonyl (C=O) groups excluding carboxylic acids is 1. The molecule has 1 aromatic rings. The summed E-state index contributed by atoms with van der Waals surface area (Å²) in [7, 11) is 0. The fraction of sp³-hybridized carbons (Fsp3) is 0.417. The van der Waals surface area contributed by atoms with Crippen LogP contribution in [0.1, 0.15) is 23.2 Å². The van der Waals surface area contributed by atoms with Crippen LogP contribution in [0, 0.1) is 0 Å². The van der Waals surface area contributed by atoms with Crippen molar-refractivity contribution in [2.45, 2.75) is 18.1 Å². The minimum atomic E-state index is -0.205. The number of hydrogen-bond donors (Lipinski definition) is 0. The minimum Gasteiger partial charge on any atom is -0.461 e. The van der Waals surface area contributed by atoms with Crippen LogP contribution in [0.3, 0.4) is 0 Å². The molecule has 1 atom stereocenters. The van der Waals surface area contributed by atoms with Gasteiger partial charge in [-0.3, -0.25) is 0 Å². The molecule has 0 spiro atoms. The highest BCUT2D eigenvalue weighted by molar-refractivity contribution is 8.00. The smallest absolute Gasteiger partial charge is 0.338 e. The van der Waals surface area contributed by atoms with E-state index in [0.29, 0.717) is 17.4 Å². The summed E-state index contributed by atoms with van der Waals surface area (Å²) in [6, 6.07) is 9.15. The van der Waals surface area contributed by atoms with Crippen molar-refractivity contribution in [1.82, 2.24) is 0 Å². The summed E-state index contributed by atoms with van der Waals surface area (Å²) in [6.07, 6.45) is 2.42. The van der Waals surface area contributed by atoms with E-state index in [-0.39, 0.29) is 5.97 Å². The van der Waals surface area contributed by atoms with Crippen LogP contribution in [0.15, 0.2) is 30.3 Å². The van der Waals surface area contributed by atoms with E-state index in [0.717, 1.165) is 0 Å². The Hall–Kier alpha value is -0.960. The average molecular weight is 222 g/mol. The third-order valence-electron chi connectivity index (χ3n) is 2.43. The molecule has 0 radical (unpaired) electrons. The lowest BCUT2D eigenvalue weighted by molar-refractivity contribution is 0.0506. The van der Waals surface area contributed by atoms with Crippen molar-refractivity contribution in [3.8, 4) is 0 Å². The highest BCUT2D eigenvalue weighted by Crippen LogP contribution is 2.26. The van der Waals surface area contributed by atoms with E-state index in [9.17, 15) is 4.79 Å². The van der Waals surface area contributed by atoms with Gasteiger partial charge in [0.25, 0.3) is 0 Å². The van der Waals surface area contributed by atoms with Gasteiger partial charge in [-0.2, -0.15) is 11.8 Å². The first-order chi connectivity index (χ1) is 7.36. The van der Waals surface area contributed by atoms with E-state index in [1.165, 1.54) is 18.6 Å². The highest BCUT2D eigenvalue weighted by atomic mass is 32.2. The summed E-state index contributed by atoms with van der Waals surface area (Å²) in [6.45, 7) is 0.554. The predicted octanol–water partition coefficient (Wildman–Crippen LogP) is 2.74. The molecule has 2 nitrogen and oxygen atoms in total. The Morgan fingerprint density at radius 1 is 1.40 bits per heavy atom. The van der Waals surface area contributed by atoms with E-state index in [4.69, 9.17) is 4.74 Å². The first-order valence-electron chi connectivity index (χ1n) is 5.20. The lowest BCUT2D eigenvalue weighted by atomic mass is 10.2. The van der Waals surface area contributed by atoms with E-state index in [1.807, 2.05) is 30.0 Å². The van der Waals surface area contributed by atoms with Gasteiger partial charge >= 0.3 is 5.97 Å². The second-order valence-corrected chi connectivity index (χ2v) is 5.01. The Morgan fingerprint density at radius 2 is 2.20 bits per heavy atom. The van der Waals surface area contributed by atoms with Gasteiger partial charge in [-0.1, -0.05) is 18.2 Å².